The fourth-order valence-electron chi connectivity index (χ4n) is 8.65. The fourth-order valence-corrected chi connectivity index (χ4v) is 8.65. The van der Waals surface area contributed by atoms with E-state index in [-0.39, 0.29) is 5.92 Å². The molecule has 3 heteroatoms. The average molecular weight is 688 g/mol. The highest BCUT2D eigenvalue weighted by molar-refractivity contribution is 6.08. The molecule has 0 N–H and O–H groups in total. The Balaban J connectivity index is 1.03. The van der Waals surface area contributed by atoms with Crippen molar-refractivity contribution in [2.24, 2.45) is 0 Å². The first-order valence-electron chi connectivity index (χ1n) is 19.1. The molecular formula is C50H41NO2. The van der Waals surface area contributed by atoms with Crippen LogP contribution in [0.5, 0.6) is 0 Å². The second-order valence-corrected chi connectivity index (χ2v) is 14.6. The number of hydrogen-bond acceptors (Lipinski definition) is 3. The van der Waals surface area contributed by atoms with Crippen molar-refractivity contribution in [1.29, 1.82) is 0 Å². The number of benzene rings is 5. The molecule has 0 aliphatic heterocycles. The maximum atomic E-state index is 6.46. The van der Waals surface area contributed by atoms with E-state index in [1.54, 1.807) is 0 Å². The van der Waals surface area contributed by atoms with Crippen molar-refractivity contribution in [2.45, 2.75) is 50.9 Å². The number of allylic oxidation sites excluding steroid dienone is 6. The minimum Gasteiger partial charge on any atom is -0.456 e. The Morgan fingerprint density at radius 3 is 2.34 bits per heavy atom. The number of furan rings is 2. The van der Waals surface area contributed by atoms with Gasteiger partial charge in [-0.1, -0.05) is 123 Å². The third-order valence-electron chi connectivity index (χ3n) is 11.3. The molecule has 0 saturated heterocycles. The summed E-state index contributed by atoms with van der Waals surface area (Å²) < 4.78 is 12.7. The smallest absolute Gasteiger partial charge is 0.137 e. The van der Waals surface area contributed by atoms with Gasteiger partial charge in [0.25, 0.3) is 0 Å². The summed E-state index contributed by atoms with van der Waals surface area (Å²) in [6.45, 7) is 2.24. The second kappa shape index (κ2) is 13.2. The zero-order valence-electron chi connectivity index (χ0n) is 30.0. The number of hydrogen-bond donors (Lipinski definition) is 0. The van der Waals surface area contributed by atoms with Gasteiger partial charge >= 0.3 is 0 Å². The van der Waals surface area contributed by atoms with Crippen LogP contribution in [0.4, 0.5) is 11.4 Å². The minimum absolute atomic E-state index is 0.271. The number of anilines is 2. The van der Waals surface area contributed by atoms with Gasteiger partial charge < -0.3 is 13.7 Å². The van der Waals surface area contributed by atoms with Gasteiger partial charge in [0.05, 0.1) is 11.1 Å². The van der Waals surface area contributed by atoms with E-state index in [4.69, 9.17) is 8.83 Å². The molecule has 0 radical (unpaired) electrons. The van der Waals surface area contributed by atoms with Gasteiger partial charge in [-0.25, -0.2) is 0 Å². The topological polar surface area (TPSA) is 29.5 Å². The van der Waals surface area contributed by atoms with Gasteiger partial charge in [-0.15, -0.1) is 0 Å². The highest BCUT2D eigenvalue weighted by atomic mass is 16.3. The van der Waals surface area contributed by atoms with Crippen LogP contribution in [0.3, 0.4) is 0 Å². The lowest BCUT2D eigenvalue weighted by Gasteiger charge is -2.30. The van der Waals surface area contributed by atoms with Crippen LogP contribution in [0.2, 0.25) is 0 Å². The van der Waals surface area contributed by atoms with Gasteiger partial charge in [0.15, 0.2) is 0 Å². The molecule has 0 spiro atoms. The lowest BCUT2D eigenvalue weighted by molar-refractivity contribution is 0.574. The molecule has 0 bridgehead atoms. The predicted octanol–water partition coefficient (Wildman–Crippen LogP) is 11.9. The van der Waals surface area contributed by atoms with Crippen LogP contribution in [0.15, 0.2) is 154 Å². The number of fused-ring (bicyclic) bond motifs is 8. The van der Waals surface area contributed by atoms with Crippen molar-refractivity contribution < 1.29 is 8.83 Å². The van der Waals surface area contributed by atoms with E-state index in [0.717, 1.165) is 69.8 Å². The largest absolute Gasteiger partial charge is 0.456 e. The first-order chi connectivity index (χ1) is 26.2. The van der Waals surface area contributed by atoms with Gasteiger partial charge in [0.2, 0.25) is 0 Å². The number of para-hydroxylation sites is 1. The molecule has 0 amide bonds. The molecule has 3 aliphatic carbocycles. The molecule has 2 unspecified atom stereocenters. The summed E-state index contributed by atoms with van der Waals surface area (Å²) in [7, 11) is 0. The fraction of sp³-hybridized carbons (Fsp3) is 0.160. The summed E-state index contributed by atoms with van der Waals surface area (Å²) in [5.74, 6) is 0.625. The predicted molar refractivity (Wildman–Crippen MR) is 221 cm³/mol. The Bertz CT molecular complexity index is 2770. The highest BCUT2D eigenvalue weighted by Gasteiger charge is 2.24. The van der Waals surface area contributed by atoms with Crippen LogP contribution >= 0.6 is 0 Å². The van der Waals surface area contributed by atoms with Gasteiger partial charge in [-0.05, 0) is 102 Å². The van der Waals surface area contributed by atoms with Crippen molar-refractivity contribution in [3.8, 4) is 0 Å². The zero-order chi connectivity index (χ0) is 35.3. The molecule has 2 atom stereocenters. The average Bonchev–Trinajstić information content (AvgIpc) is 3.68. The van der Waals surface area contributed by atoms with Crippen LogP contribution in [-0.4, -0.2) is 0 Å². The molecule has 0 fully saturated rings. The van der Waals surface area contributed by atoms with E-state index in [1.807, 2.05) is 6.07 Å². The Labute approximate surface area is 309 Å². The van der Waals surface area contributed by atoms with Crippen molar-refractivity contribution in [1.82, 2.24) is 0 Å². The normalized spacial score (nSPS) is 17.6. The quantitative estimate of drug-likeness (QED) is 0.167. The van der Waals surface area contributed by atoms with Crippen LogP contribution in [-0.2, 0) is 12.8 Å². The maximum absolute atomic E-state index is 6.46. The summed E-state index contributed by atoms with van der Waals surface area (Å²) in [5, 5.41) is 4.72. The summed E-state index contributed by atoms with van der Waals surface area (Å²) in [5.41, 5.74) is 13.9. The zero-order valence-corrected chi connectivity index (χ0v) is 30.0. The Kier molecular flexibility index (Phi) is 7.87. The maximum Gasteiger partial charge on any atom is 0.137 e. The molecule has 0 saturated carbocycles. The van der Waals surface area contributed by atoms with Crippen molar-refractivity contribution in [3.63, 3.8) is 0 Å². The van der Waals surface area contributed by atoms with Gasteiger partial charge in [-0.3, -0.25) is 0 Å². The van der Waals surface area contributed by atoms with Crippen LogP contribution in [0, 0.1) is 0 Å². The molecule has 5 aromatic carbocycles. The van der Waals surface area contributed by atoms with Gasteiger partial charge in [0, 0.05) is 39.2 Å². The Hall–Kier alpha value is -6.06. The molecule has 3 nitrogen and oxygen atoms in total. The third-order valence-corrected chi connectivity index (χ3v) is 11.3. The van der Waals surface area contributed by atoms with E-state index in [1.165, 1.54) is 50.7 Å². The van der Waals surface area contributed by atoms with Crippen molar-refractivity contribution in [3.05, 3.63) is 184 Å². The Morgan fingerprint density at radius 1 is 0.698 bits per heavy atom. The summed E-state index contributed by atoms with van der Waals surface area (Å²) in [6, 6.07) is 37.6. The summed E-state index contributed by atoms with van der Waals surface area (Å²) >= 11 is 0. The molecule has 258 valence electrons. The van der Waals surface area contributed by atoms with E-state index in [9.17, 15) is 0 Å². The standard InChI is InChI=1S/C50H41NO2/c1-2-9-33-16-18-34(19-17-33)35-22-27-39(28-23-35)51(44-12-8-15-47-50(44)42-10-4-3-5-13-46(42)52-47)40-29-24-36(25-30-40)38-21-20-37-26-31-48-49(43(37)32-38)41-11-6-7-14-45(41)53-48/h3-4,6-8,10-22,24-31,35,38H,2,5,9,23,32H2,1H3. The van der Waals surface area contributed by atoms with Gasteiger partial charge in [-0.2, -0.15) is 0 Å². The van der Waals surface area contributed by atoms with Crippen LogP contribution in [0.25, 0.3) is 51.1 Å². The summed E-state index contributed by atoms with van der Waals surface area (Å²) in [4.78, 5) is 2.43. The number of rotatable bonds is 7. The van der Waals surface area contributed by atoms with Crippen molar-refractivity contribution >= 4 is 62.5 Å². The molecule has 10 rings (SSSR count). The lowest BCUT2D eigenvalue weighted by atomic mass is 9.83. The molecule has 2 heterocycles. The summed E-state index contributed by atoms with van der Waals surface area (Å²) in [6.07, 6.45) is 25.5. The van der Waals surface area contributed by atoms with E-state index < -0.39 is 0 Å². The molecular weight excluding hydrogens is 647 g/mol. The first kappa shape index (κ1) is 31.7. The molecule has 53 heavy (non-hydrogen) atoms. The number of aryl methyl sites for hydroxylation is 1. The minimum atomic E-state index is 0.271. The van der Waals surface area contributed by atoms with Crippen LogP contribution < -0.4 is 15.5 Å². The monoisotopic (exact) mass is 687 g/mol. The molecule has 3 aliphatic rings. The molecule has 7 aromatic rings. The molecule has 2 aromatic heterocycles. The third kappa shape index (κ3) is 5.59. The first-order valence-corrected chi connectivity index (χ1v) is 19.1. The SMILES string of the molecule is CCCc1ccc(C2C=CC(N(c3ccc(C4C=Cc5ccc6oc7ccccc7c6c5C4)cc3)c3cccc4oc5c(c34)=CC=CCC=5)=CC2)cc1. The van der Waals surface area contributed by atoms with E-state index in [0.29, 0.717) is 5.92 Å². The highest BCUT2D eigenvalue weighted by Crippen LogP contribution is 2.41. The number of nitrogens with zero attached hydrogens (tertiary/aromatic N) is 1. The van der Waals surface area contributed by atoms with Crippen molar-refractivity contribution in [2.75, 3.05) is 4.90 Å². The van der Waals surface area contributed by atoms with E-state index >= 15 is 0 Å². The van der Waals surface area contributed by atoms with Crippen LogP contribution in [0.1, 0.15) is 65.8 Å². The Morgan fingerprint density at radius 2 is 1.49 bits per heavy atom. The van der Waals surface area contributed by atoms with Gasteiger partial charge in [0.1, 0.15) is 22.2 Å². The lowest BCUT2D eigenvalue weighted by Crippen LogP contribution is -2.22. The van der Waals surface area contributed by atoms with E-state index in [2.05, 4.69) is 164 Å². The second-order valence-electron chi connectivity index (χ2n) is 14.6.